The summed E-state index contributed by atoms with van der Waals surface area (Å²) >= 11 is 0. The van der Waals surface area contributed by atoms with Crippen molar-refractivity contribution in [1.29, 1.82) is 0 Å². The second kappa shape index (κ2) is 3.36. The Balaban J connectivity index is 2.10. The number of ketones is 2. The number of fused-ring (bicyclic) bond motifs is 3. The van der Waals surface area contributed by atoms with Crippen molar-refractivity contribution < 1.29 is 19.1 Å². The molecule has 3 aliphatic rings. The minimum absolute atomic E-state index is 0.0469. The Morgan fingerprint density at radius 2 is 1.58 bits per heavy atom. The van der Waals surface area contributed by atoms with Gasteiger partial charge in [0.1, 0.15) is 5.78 Å². The maximum atomic E-state index is 12.6. The fourth-order valence-corrected chi connectivity index (χ4v) is 3.62. The molecule has 0 saturated carbocycles. The Morgan fingerprint density at radius 1 is 0.947 bits per heavy atom. The number of ether oxygens (including phenoxy) is 2. The summed E-state index contributed by atoms with van der Waals surface area (Å²) in [5, 5.41) is 0. The third kappa shape index (κ3) is 1.66. The highest BCUT2D eigenvalue weighted by Gasteiger charge is 2.68. The summed E-state index contributed by atoms with van der Waals surface area (Å²) in [4.78, 5) is 24.8. The third-order valence-electron chi connectivity index (χ3n) is 4.48. The van der Waals surface area contributed by atoms with E-state index >= 15 is 0 Å². The molecule has 0 N–H and O–H groups in total. The first-order valence-corrected chi connectivity index (χ1v) is 6.76. The standard InChI is InChI=1S/C15H20O4/c1-12(2)18-15(19-12)11(17)9-13(3)5-6-14(15,4)8-10(16)7-13/h5-6H,7-9H2,1-4H3/t13-,14+/m1/s1. The van der Waals surface area contributed by atoms with Crippen LogP contribution >= 0.6 is 0 Å². The van der Waals surface area contributed by atoms with Crippen LogP contribution in [-0.2, 0) is 19.1 Å². The number of rotatable bonds is 0. The lowest BCUT2D eigenvalue weighted by atomic mass is 9.70. The molecule has 1 spiro atoms. The second-order valence-corrected chi connectivity index (χ2v) is 7.12. The van der Waals surface area contributed by atoms with E-state index in [1.54, 1.807) is 13.8 Å². The molecular weight excluding hydrogens is 244 g/mol. The van der Waals surface area contributed by atoms with E-state index in [-0.39, 0.29) is 11.6 Å². The summed E-state index contributed by atoms with van der Waals surface area (Å²) in [6, 6.07) is 0. The molecule has 0 aromatic heterocycles. The normalized spacial score (nSPS) is 42.9. The highest BCUT2D eigenvalue weighted by atomic mass is 16.9. The Morgan fingerprint density at radius 3 is 2.16 bits per heavy atom. The van der Waals surface area contributed by atoms with Crippen LogP contribution in [0.4, 0.5) is 0 Å². The van der Waals surface area contributed by atoms with Crippen molar-refractivity contribution in [2.75, 3.05) is 0 Å². The van der Waals surface area contributed by atoms with Crippen LogP contribution in [0.25, 0.3) is 0 Å². The zero-order valence-electron chi connectivity index (χ0n) is 11.9. The molecule has 0 radical (unpaired) electrons. The first kappa shape index (κ1) is 13.0. The van der Waals surface area contributed by atoms with E-state index in [1.807, 2.05) is 26.0 Å². The number of Topliss-reactive ketones (excluding diaryl/α,β-unsaturated/α-hetero) is 2. The summed E-state index contributed by atoms with van der Waals surface area (Å²) in [7, 11) is 0. The van der Waals surface area contributed by atoms with Gasteiger partial charge in [0.05, 0.1) is 5.41 Å². The Hall–Kier alpha value is -1.00. The van der Waals surface area contributed by atoms with Gasteiger partial charge in [0.25, 0.3) is 0 Å². The second-order valence-electron chi connectivity index (χ2n) is 7.12. The Bertz CT molecular complexity index is 496. The van der Waals surface area contributed by atoms with Crippen LogP contribution in [0, 0.1) is 10.8 Å². The van der Waals surface area contributed by atoms with Gasteiger partial charge in [0.2, 0.25) is 5.79 Å². The van der Waals surface area contributed by atoms with Gasteiger partial charge in [-0.15, -0.1) is 0 Å². The minimum Gasteiger partial charge on any atom is -0.311 e. The number of hydrogen-bond donors (Lipinski definition) is 0. The maximum absolute atomic E-state index is 12.6. The van der Waals surface area contributed by atoms with Gasteiger partial charge in [-0.2, -0.15) is 0 Å². The van der Waals surface area contributed by atoms with Gasteiger partial charge >= 0.3 is 0 Å². The third-order valence-corrected chi connectivity index (χ3v) is 4.48. The highest BCUT2D eigenvalue weighted by Crippen LogP contribution is 2.57. The van der Waals surface area contributed by atoms with Crippen LogP contribution < -0.4 is 0 Å². The molecule has 1 aliphatic heterocycles. The van der Waals surface area contributed by atoms with E-state index in [4.69, 9.17) is 9.47 Å². The van der Waals surface area contributed by atoms with Crippen LogP contribution in [0.3, 0.4) is 0 Å². The number of allylic oxidation sites excluding steroid dienone is 1. The molecule has 104 valence electrons. The summed E-state index contributed by atoms with van der Waals surface area (Å²) in [5.74, 6) is -1.91. The van der Waals surface area contributed by atoms with Gasteiger partial charge in [0, 0.05) is 19.3 Å². The van der Waals surface area contributed by atoms with Crippen LogP contribution in [0.1, 0.15) is 47.0 Å². The lowest BCUT2D eigenvalue weighted by molar-refractivity contribution is -0.499. The van der Waals surface area contributed by atoms with Gasteiger partial charge in [-0.1, -0.05) is 19.1 Å². The molecule has 0 aromatic rings. The number of carbonyl (C=O) groups excluding carboxylic acids is 2. The molecule has 19 heavy (non-hydrogen) atoms. The SMILES string of the molecule is CC1(C)OC2(O1)C(=O)C[C@]1(C)C=C[C@@]2(C)CC(=O)C1. The fourth-order valence-electron chi connectivity index (χ4n) is 3.62. The molecule has 0 unspecified atom stereocenters. The molecule has 1 heterocycles. The van der Waals surface area contributed by atoms with Crippen molar-refractivity contribution in [2.24, 2.45) is 10.8 Å². The first-order valence-electron chi connectivity index (χ1n) is 6.76. The zero-order valence-corrected chi connectivity index (χ0v) is 11.9. The van der Waals surface area contributed by atoms with Crippen molar-refractivity contribution in [3.8, 4) is 0 Å². The molecule has 3 rings (SSSR count). The molecule has 2 atom stereocenters. The molecule has 2 bridgehead atoms. The lowest BCUT2D eigenvalue weighted by Crippen LogP contribution is -2.71. The molecular formula is C15H20O4. The largest absolute Gasteiger partial charge is 0.311 e. The molecule has 2 aliphatic carbocycles. The summed E-state index contributed by atoms with van der Waals surface area (Å²) in [5.41, 5.74) is -1.10. The van der Waals surface area contributed by atoms with E-state index in [0.29, 0.717) is 19.3 Å². The smallest absolute Gasteiger partial charge is 0.243 e. The van der Waals surface area contributed by atoms with Crippen molar-refractivity contribution in [1.82, 2.24) is 0 Å². The highest BCUT2D eigenvalue weighted by molar-refractivity contribution is 5.93. The number of hydrogen-bond acceptors (Lipinski definition) is 4. The van der Waals surface area contributed by atoms with E-state index < -0.39 is 22.4 Å². The van der Waals surface area contributed by atoms with Gasteiger partial charge in [0.15, 0.2) is 11.6 Å². The van der Waals surface area contributed by atoms with Crippen LogP contribution in [0.5, 0.6) is 0 Å². The lowest BCUT2D eigenvalue weighted by Gasteiger charge is -2.58. The number of carbonyl (C=O) groups is 2. The Kier molecular flexibility index (Phi) is 2.30. The van der Waals surface area contributed by atoms with Gasteiger partial charge in [-0.05, 0) is 26.2 Å². The van der Waals surface area contributed by atoms with Crippen LogP contribution in [0.15, 0.2) is 12.2 Å². The van der Waals surface area contributed by atoms with E-state index in [9.17, 15) is 9.59 Å². The molecule has 4 nitrogen and oxygen atoms in total. The van der Waals surface area contributed by atoms with Gasteiger partial charge in [-0.3, -0.25) is 9.59 Å². The average Bonchev–Trinajstić information content (AvgIpc) is 2.35. The predicted molar refractivity (Wildman–Crippen MR) is 68.2 cm³/mol. The van der Waals surface area contributed by atoms with Crippen LogP contribution in [0.2, 0.25) is 0 Å². The monoisotopic (exact) mass is 264 g/mol. The van der Waals surface area contributed by atoms with Gasteiger partial charge < -0.3 is 9.47 Å². The molecule has 0 aromatic carbocycles. The molecule has 0 amide bonds. The van der Waals surface area contributed by atoms with E-state index in [1.165, 1.54) is 0 Å². The van der Waals surface area contributed by atoms with Crippen molar-refractivity contribution in [3.05, 3.63) is 12.2 Å². The van der Waals surface area contributed by atoms with Crippen molar-refractivity contribution in [2.45, 2.75) is 58.5 Å². The topological polar surface area (TPSA) is 52.6 Å². The fraction of sp³-hybridized carbons (Fsp3) is 0.733. The van der Waals surface area contributed by atoms with E-state index in [0.717, 1.165) is 0 Å². The van der Waals surface area contributed by atoms with Crippen molar-refractivity contribution >= 4 is 11.6 Å². The summed E-state index contributed by atoms with van der Waals surface area (Å²) in [6.07, 6.45) is 4.97. The predicted octanol–water partition coefficient (Wildman–Crippen LogP) is 2.37. The summed E-state index contributed by atoms with van der Waals surface area (Å²) < 4.78 is 11.7. The molecule has 1 saturated heterocycles. The van der Waals surface area contributed by atoms with Crippen molar-refractivity contribution in [3.63, 3.8) is 0 Å². The average molecular weight is 264 g/mol. The summed E-state index contributed by atoms with van der Waals surface area (Å²) in [6.45, 7) is 7.40. The quantitative estimate of drug-likeness (QED) is 0.630. The minimum atomic E-state index is -1.28. The van der Waals surface area contributed by atoms with Gasteiger partial charge in [-0.25, -0.2) is 0 Å². The Labute approximate surface area is 113 Å². The zero-order chi connectivity index (χ0) is 14.1. The maximum Gasteiger partial charge on any atom is 0.243 e. The molecule has 4 heteroatoms. The first-order chi connectivity index (χ1) is 8.60. The van der Waals surface area contributed by atoms with E-state index in [2.05, 4.69) is 0 Å². The van der Waals surface area contributed by atoms with Crippen LogP contribution in [-0.4, -0.2) is 23.1 Å². The molecule has 1 fully saturated rings.